The highest BCUT2D eigenvalue weighted by molar-refractivity contribution is 9.10. The van der Waals surface area contributed by atoms with E-state index < -0.39 is 0 Å². The van der Waals surface area contributed by atoms with Crippen LogP contribution in [0.5, 0.6) is 0 Å². The van der Waals surface area contributed by atoms with Gasteiger partial charge in [0.05, 0.1) is 5.52 Å². The molecule has 0 radical (unpaired) electrons. The van der Waals surface area contributed by atoms with Crippen molar-refractivity contribution in [3.63, 3.8) is 0 Å². The van der Waals surface area contributed by atoms with Crippen molar-refractivity contribution in [2.24, 2.45) is 0 Å². The van der Waals surface area contributed by atoms with Crippen molar-refractivity contribution in [1.82, 2.24) is 4.98 Å². The second-order valence-electron chi connectivity index (χ2n) is 4.71. The Morgan fingerprint density at radius 2 is 1.90 bits per heavy atom. The van der Waals surface area contributed by atoms with E-state index in [-0.39, 0.29) is 5.78 Å². The van der Waals surface area contributed by atoms with E-state index in [4.69, 9.17) is 0 Å². The molecule has 3 heteroatoms. The lowest BCUT2D eigenvalue weighted by molar-refractivity contribution is 0.103. The quantitative estimate of drug-likeness (QED) is 0.647. The first-order valence-corrected chi connectivity index (χ1v) is 7.10. The first-order chi connectivity index (χ1) is 9.65. The van der Waals surface area contributed by atoms with Gasteiger partial charge in [-0.3, -0.25) is 9.78 Å². The van der Waals surface area contributed by atoms with Gasteiger partial charge < -0.3 is 0 Å². The number of ketones is 1. The molecular formula is C17H12BrNO. The molecule has 0 unspecified atom stereocenters. The summed E-state index contributed by atoms with van der Waals surface area (Å²) in [6.07, 6.45) is 1.64. The highest BCUT2D eigenvalue weighted by Gasteiger charge is 2.12. The van der Waals surface area contributed by atoms with Crippen LogP contribution in [0.4, 0.5) is 0 Å². The number of fused-ring (bicyclic) bond motifs is 1. The molecule has 0 spiro atoms. The summed E-state index contributed by atoms with van der Waals surface area (Å²) < 4.78 is 0.975. The summed E-state index contributed by atoms with van der Waals surface area (Å²) in [4.78, 5) is 16.9. The van der Waals surface area contributed by atoms with Gasteiger partial charge in [0.2, 0.25) is 0 Å². The van der Waals surface area contributed by atoms with Crippen LogP contribution in [0.15, 0.2) is 59.2 Å². The molecule has 0 fully saturated rings. The standard InChI is InChI=1S/C17H12BrNO/c1-11-8-14(18)6-7-15(11)17(20)13-9-12-4-2-3-5-16(12)19-10-13/h2-10H,1H3. The van der Waals surface area contributed by atoms with Crippen molar-refractivity contribution < 1.29 is 4.79 Å². The molecule has 0 aliphatic carbocycles. The van der Waals surface area contributed by atoms with E-state index in [1.807, 2.05) is 55.5 Å². The summed E-state index contributed by atoms with van der Waals surface area (Å²) in [5, 5.41) is 0.980. The minimum atomic E-state index is 0.00764. The average molecular weight is 326 g/mol. The molecule has 0 amide bonds. The summed E-state index contributed by atoms with van der Waals surface area (Å²) in [6.45, 7) is 1.94. The number of pyridine rings is 1. The van der Waals surface area contributed by atoms with Gasteiger partial charge in [-0.25, -0.2) is 0 Å². The molecule has 0 N–H and O–H groups in total. The van der Waals surface area contributed by atoms with Crippen molar-refractivity contribution in [3.8, 4) is 0 Å². The van der Waals surface area contributed by atoms with Crippen LogP contribution in [-0.4, -0.2) is 10.8 Å². The Balaban J connectivity index is 2.08. The molecular weight excluding hydrogens is 314 g/mol. The number of carbonyl (C=O) groups is 1. The van der Waals surface area contributed by atoms with Gasteiger partial charge in [0.1, 0.15) is 0 Å². The molecule has 3 aromatic rings. The van der Waals surface area contributed by atoms with Crippen LogP contribution >= 0.6 is 15.9 Å². The maximum atomic E-state index is 12.6. The lowest BCUT2D eigenvalue weighted by atomic mass is 9.99. The third-order valence-corrected chi connectivity index (χ3v) is 3.78. The molecule has 2 nitrogen and oxygen atoms in total. The summed E-state index contributed by atoms with van der Waals surface area (Å²) >= 11 is 3.41. The fourth-order valence-corrected chi connectivity index (χ4v) is 2.71. The van der Waals surface area contributed by atoms with Crippen molar-refractivity contribution in [2.45, 2.75) is 6.92 Å². The molecule has 0 atom stereocenters. The van der Waals surface area contributed by atoms with E-state index in [1.165, 1.54) is 0 Å². The number of halogens is 1. The maximum absolute atomic E-state index is 12.6. The Bertz CT molecular complexity index is 811. The van der Waals surface area contributed by atoms with Crippen molar-refractivity contribution in [3.05, 3.63) is 75.9 Å². The fraction of sp³-hybridized carbons (Fsp3) is 0.0588. The Morgan fingerprint density at radius 1 is 1.10 bits per heavy atom. The molecule has 2 aromatic carbocycles. The van der Waals surface area contributed by atoms with E-state index in [0.717, 1.165) is 20.9 Å². The zero-order chi connectivity index (χ0) is 14.1. The lowest BCUT2D eigenvalue weighted by Gasteiger charge is -2.06. The third kappa shape index (κ3) is 2.37. The van der Waals surface area contributed by atoms with Crippen molar-refractivity contribution >= 4 is 32.6 Å². The van der Waals surface area contributed by atoms with Crippen LogP contribution in [0.2, 0.25) is 0 Å². The van der Waals surface area contributed by atoms with Gasteiger partial charge in [-0.1, -0.05) is 34.1 Å². The first-order valence-electron chi connectivity index (χ1n) is 6.31. The summed E-state index contributed by atoms with van der Waals surface area (Å²) in [7, 11) is 0. The zero-order valence-corrected chi connectivity index (χ0v) is 12.5. The van der Waals surface area contributed by atoms with Gasteiger partial charge in [0, 0.05) is 27.2 Å². The summed E-state index contributed by atoms with van der Waals surface area (Å²) in [6, 6.07) is 15.4. The second kappa shape index (κ2) is 5.17. The Hall–Kier alpha value is -2.00. The Morgan fingerprint density at radius 3 is 2.70 bits per heavy atom. The third-order valence-electron chi connectivity index (χ3n) is 3.29. The largest absolute Gasteiger partial charge is 0.289 e. The van der Waals surface area contributed by atoms with Gasteiger partial charge in [-0.2, -0.15) is 0 Å². The van der Waals surface area contributed by atoms with E-state index >= 15 is 0 Å². The smallest absolute Gasteiger partial charge is 0.194 e. The average Bonchev–Trinajstić information content (AvgIpc) is 2.46. The molecule has 0 saturated carbocycles. The van der Waals surface area contributed by atoms with Crippen molar-refractivity contribution in [1.29, 1.82) is 0 Å². The zero-order valence-electron chi connectivity index (χ0n) is 10.9. The molecule has 98 valence electrons. The van der Waals surface area contributed by atoms with Crippen LogP contribution in [0.25, 0.3) is 10.9 Å². The topological polar surface area (TPSA) is 30.0 Å². The number of benzene rings is 2. The first kappa shape index (κ1) is 13.0. The van der Waals surface area contributed by atoms with Crippen LogP contribution in [0.1, 0.15) is 21.5 Å². The van der Waals surface area contributed by atoms with Gasteiger partial charge in [0.25, 0.3) is 0 Å². The number of rotatable bonds is 2. The molecule has 0 saturated heterocycles. The number of aromatic nitrogens is 1. The van der Waals surface area contributed by atoms with E-state index in [1.54, 1.807) is 6.20 Å². The SMILES string of the molecule is Cc1cc(Br)ccc1C(=O)c1cnc2ccccc2c1. The minimum absolute atomic E-state index is 0.00764. The molecule has 0 aliphatic rings. The number of para-hydroxylation sites is 1. The maximum Gasteiger partial charge on any atom is 0.194 e. The van der Waals surface area contributed by atoms with Crippen LogP contribution in [0, 0.1) is 6.92 Å². The van der Waals surface area contributed by atoms with E-state index in [0.29, 0.717) is 11.1 Å². The van der Waals surface area contributed by atoms with E-state index in [2.05, 4.69) is 20.9 Å². The summed E-state index contributed by atoms with van der Waals surface area (Å²) in [5.41, 5.74) is 3.19. The highest BCUT2D eigenvalue weighted by Crippen LogP contribution is 2.20. The van der Waals surface area contributed by atoms with Crippen LogP contribution < -0.4 is 0 Å². The normalized spacial score (nSPS) is 10.7. The van der Waals surface area contributed by atoms with Crippen molar-refractivity contribution in [2.75, 3.05) is 0 Å². The molecule has 1 aromatic heterocycles. The van der Waals surface area contributed by atoms with Gasteiger partial charge >= 0.3 is 0 Å². The van der Waals surface area contributed by atoms with Gasteiger partial charge in [-0.15, -0.1) is 0 Å². The number of carbonyl (C=O) groups excluding carboxylic acids is 1. The fourth-order valence-electron chi connectivity index (χ4n) is 2.23. The molecule has 1 heterocycles. The molecule has 20 heavy (non-hydrogen) atoms. The number of aryl methyl sites for hydroxylation is 1. The highest BCUT2D eigenvalue weighted by atomic mass is 79.9. The monoisotopic (exact) mass is 325 g/mol. The minimum Gasteiger partial charge on any atom is -0.289 e. The predicted molar refractivity (Wildman–Crippen MR) is 84.1 cm³/mol. The predicted octanol–water partition coefficient (Wildman–Crippen LogP) is 4.54. The molecule has 3 rings (SSSR count). The lowest BCUT2D eigenvalue weighted by Crippen LogP contribution is -2.04. The molecule has 0 aliphatic heterocycles. The number of hydrogen-bond acceptors (Lipinski definition) is 2. The van der Waals surface area contributed by atoms with Crippen LogP contribution in [-0.2, 0) is 0 Å². The number of nitrogens with zero attached hydrogens (tertiary/aromatic N) is 1. The van der Waals surface area contributed by atoms with Crippen LogP contribution in [0.3, 0.4) is 0 Å². The van der Waals surface area contributed by atoms with Gasteiger partial charge in [0.15, 0.2) is 5.78 Å². The Kier molecular flexibility index (Phi) is 3.36. The molecule has 0 bridgehead atoms. The second-order valence-corrected chi connectivity index (χ2v) is 5.62. The van der Waals surface area contributed by atoms with Gasteiger partial charge in [-0.05, 0) is 42.8 Å². The summed E-state index contributed by atoms with van der Waals surface area (Å²) in [5.74, 6) is 0.00764. The number of hydrogen-bond donors (Lipinski definition) is 0. The Labute approximate surface area is 125 Å². The van der Waals surface area contributed by atoms with E-state index in [9.17, 15) is 4.79 Å².